The molecular weight excluding hydrogens is 537 g/mol. The Hall–Kier alpha value is -5.43. The number of aliphatic carboxylic acids is 1. The lowest BCUT2D eigenvalue weighted by Gasteiger charge is -2.12. The highest BCUT2D eigenvalue weighted by atomic mass is 19.4. The molecule has 4 aromatic heterocycles. The highest BCUT2D eigenvalue weighted by Crippen LogP contribution is 2.35. The van der Waals surface area contributed by atoms with E-state index in [-0.39, 0.29) is 0 Å². The van der Waals surface area contributed by atoms with Gasteiger partial charge in [-0.15, -0.1) is 5.10 Å². The number of alkyl halides is 3. The average molecular weight is 560 g/mol. The van der Waals surface area contributed by atoms with E-state index >= 15 is 0 Å². The summed E-state index contributed by atoms with van der Waals surface area (Å²) in [4.78, 5) is 21.8. The molecule has 0 bridgehead atoms. The third kappa shape index (κ3) is 5.94. The first-order valence-electron chi connectivity index (χ1n) is 12.2. The average Bonchev–Trinajstić information content (AvgIpc) is 3.69. The minimum atomic E-state index is -5.19. The molecule has 0 aliphatic rings. The van der Waals surface area contributed by atoms with Crippen molar-refractivity contribution in [2.24, 2.45) is 0 Å². The van der Waals surface area contributed by atoms with Gasteiger partial charge in [0.1, 0.15) is 17.4 Å². The molecule has 6 aromatic rings. The van der Waals surface area contributed by atoms with E-state index < -0.39 is 12.1 Å². The third-order valence-corrected chi connectivity index (χ3v) is 6.09. The molecule has 0 aliphatic carbocycles. The van der Waals surface area contributed by atoms with E-state index in [9.17, 15) is 13.2 Å². The second-order valence-corrected chi connectivity index (χ2v) is 8.75. The molecule has 6 rings (SSSR count). The van der Waals surface area contributed by atoms with Crippen LogP contribution < -0.4 is 15.8 Å². The zero-order valence-electron chi connectivity index (χ0n) is 21.2. The van der Waals surface area contributed by atoms with Gasteiger partial charge >= 0.3 is 12.0 Å². The maximum absolute atomic E-state index is 10.5. The van der Waals surface area contributed by atoms with Crippen molar-refractivity contribution in [1.29, 1.82) is 0 Å². The predicted molar refractivity (Wildman–Crippen MR) is 140 cm³/mol. The van der Waals surface area contributed by atoms with Crippen LogP contribution >= 0.6 is 0 Å². The van der Waals surface area contributed by atoms with E-state index in [4.69, 9.17) is 14.9 Å². The number of nitrogens with zero attached hydrogens (tertiary/aromatic N) is 4. The summed E-state index contributed by atoms with van der Waals surface area (Å²) < 4.78 is 31.5. The molecule has 10 nitrogen and oxygen atoms in total. The molecule has 0 amide bonds. The van der Waals surface area contributed by atoms with Crippen molar-refractivity contribution in [2.75, 3.05) is 0 Å². The van der Waals surface area contributed by atoms with Crippen LogP contribution in [-0.2, 0) is 11.3 Å². The molecule has 4 heterocycles. The summed E-state index contributed by atoms with van der Waals surface area (Å²) >= 11 is 0. The maximum Gasteiger partial charge on any atom is 0.430 e. The van der Waals surface area contributed by atoms with Crippen molar-refractivity contribution in [3.8, 4) is 45.4 Å². The number of benzene rings is 2. The van der Waals surface area contributed by atoms with Gasteiger partial charge in [0.15, 0.2) is 0 Å². The predicted octanol–water partition coefficient (Wildman–Crippen LogP) is 2.60. The van der Waals surface area contributed by atoms with Gasteiger partial charge in [-0.05, 0) is 23.8 Å². The van der Waals surface area contributed by atoms with Crippen molar-refractivity contribution in [3.05, 3.63) is 90.8 Å². The van der Waals surface area contributed by atoms with Crippen LogP contribution in [0.25, 0.3) is 56.3 Å². The molecule has 0 aliphatic heterocycles. The summed E-state index contributed by atoms with van der Waals surface area (Å²) in [5.74, 6) is -1.65. The molecule has 0 unspecified atom stereocenters. The Morgan fingerprint density at radius 3 is 2.29 bits per heavy atom. The molecule has 0 saturated heterocycles. The Morgan fingerprint density at radius 1 is 0.927 bits per heavy atom. The number of hydrogen-bond donors (Lipinski definition) is 3. The molecule has 0 fully saturated rings. The smallest absolute Gasteiger partial charge is 0.430 e. The maximum atomic E-state index is 10.5. The van der Waals surface area contributed by atoms with Gasteiger partial charge in [-0.1, -0.05) is 54.6 Å². The molecule has 2 aromatic carbocycles. The fraction of sp³-hybridized carbons (Fsp3) is 0.0714. The molecule has 6 N–H and O–H groups in total. The number of carboxylic acids is 1. The zero-order valence-corrected chi connectivity index (χ0v) is 21.2. The Kier molecular flexibility index (Phi) is 7.52. The number of quaternary nitrogens is 1. The van der Waals surface area contributed by atoms with Gasteiger partial charge in [0, 0.05) is 39.6 Å². The molecule has 41 heavy (non-hydrogen) atoms. The molecule has 0 saturated carbocycles. The first kappa shape index (κ1) is 27.1. The van der Waals surface area contributed by atoms with Gasteiger partial charge in [0.2, 0.25) is 0 Å². The second kappa shape index (κ2) is 11.4. The molecular formula is C28H22F3N8O2+. The van der Waals surface area contributed by atoms with E-state index in [0.29, 0.717) is 11.6 Å². The van der Waals surface area contributed by atoms with Gasteiger partial charge in [0.05, 0.1) is 17.8 Å². The number of fused-ring (bicyclic) bond motifs is 1. The van der Waals surface area contributed by atoms with Gasteiger partial charge in [0.25, 0.3) is 5.82 Å². The Balaban J connectivity index is 0.000000431. The summed E-state index contributed by atoms with van der Waals surface area (Å²) in [7, 11) is 0. The number of halogens is 3. The highest BCUT2D eigenvalue weighted by molar-refractivity contribution is 5.97. The lowest BCUT2D eigenvalue weighted by atomic mass is 9.96. The number of hydrogen-bond acceptors (Lipinski definition) is 6. The number of pyridine rings is 2. The summed E-state index contributed by atoms with van der Waals surface area (Å²) in [6.07, 6.45) is -1.73. The number of carbonyl (C=O) groups is 1. The van der Waals surface area contributed by atoms with Crippen LogP contribution in [0.2, 0.25) is 0 Å². The van der Waals surface area contributed by atoms with Crippen molar-refractivity contribution in [3.63, 3.8) is 0 Å². The van der Waals surface area contributed by atoms with Gasteiger partial charge in [-0.2, -0.15) is 18.3 Å². The molecule has 0 atom stereocenters. The van der Waals surface area contributed by atoms with Crippen LogP contribution in [0.5, 0.6) is 0 Å². The van der Waals surface area contributed by atoms with Crippen molar-refractivity contribution in [1.82, 2.24) is 30.4 Å². The van der Waals surface area contributed by atoms with Crippen LogP contribution in [0.1, 0.15) is 5.56 Å². The summed E-state index contributed by atoms with van der Waals surface area (Å²) in [5, 5.41) is 24.1. The van der Waals surface area contributed by atoms with Gasteiger partial charge in [-0.3, -0.25) is 5.10 Å². The number of H-pyrrole nitrogens is 3. The van der Waals surface area contributed by atoms with Gasteiger partial charge in [-0.25, -0.2) is 15.0 Å². The van der Waals surface area contributed by atoms with E-state index in [1.54, 1.807) is 12.4 Å². The fourth-order valence-corrected chi connectivity index (χ4v) is 4.10. The first-order chi connectivity index (χ1) is 19.7. The lowest BCUT2D eigenvalue weighted by molar-refractivity contribution is -0.386. The number of aromatic nitrogens is 7. The van der Waals surface area contributed by atoms with E-state index in [0.717, 1.165) is 51.2 Å². The quantitative estimate of drug-likeness (QED) is 0.294. The molecule has 206 valence electrons. The topological polar surface area (TPSA) is 165 Å². The minimum Gasteiger partial charge on any atom is -0.542 e. The summed E-state index contributed by atoms with van der Waals surface area (Å²) in [6, 6.07) is 24.7. The number of nitrogens with one attached hydrogen (secondary N) is 3. The van der Waals surface area contributed by atoms with Crippen LogP contribution in [0.3, 0.4) is 0 Å². The summed E-state index contributed by atoms with van der Waals surface area (Å²) in [6.45, 7) is 0.757. The van der Waals surface area contributed by atoms with Crippen molar-refractivity contribution < 1.29 is 33.8 Å². The number of carboxylic acid groups (broad SMARTS) is 1. The largest absolute Gasteiger partial charge is 0.542 e. The molecule has 0 spiro atoms. The highest BCUT2D eigenvalue weighted by Gasteiger charge is 2.28. The number of carbonyl (C=O) groups excluding carboxylic acids is 1. The Morgan fingerprint density at radius 2 is 1.66 bits per heavy atom. The van der Waals surface area contributed by atoms with E-state index in [1.165, 1.54) is 5.56 Å². The molecule has 13 heteroatoms. The fourth-order valence-electron chi connectivity index (χ4n) is 4.10. The van der Waals surface area contributed by atoms with E-state index in [1.807, 2.05) is 30.3 Å². The van der Waals surface area contributed by atoms with Gasteiger partial charge < -0.3 is 15.6 Å². The van der Waals surface area contributed by atoms with Crippen LogP contribution in [-0.4, -0.2) is 42.5 Å². The normalized spacial score (nSPS) is 11.2. The SMILES string of the molecule is O=C([O-])C(F)(F)F.[NH3+]Cc1ccc(-c2nc3ccnc(-c4[nH]nc(-c5ccn[nH]5)[nH+]4)c3cc2-c2ccccc2)cc1. The Labute approximate surface area is 230 Å². The van der Waals surface area contributed by atoms with E-state index in [2.05, 4.69) is 78.6 Å². The number of aromatic amines is 3. The zero-order chi connectivity index (χ0) is 29.0. The number of rotatable bonds is 5. The standard InChI is InChI=1S/C26H20N8.C2HF3O2/c27-15-16-6-8-18(9-7-16)23-19(17-4-2-1-3-5-17)14-20-21(30-23)10-12-28-24(20)26-31-25(33-34-26)22-11-13-29-32-22;3-2(4,5)1(6)7/h1-14H,15,27H2,(H,29,32)(H,31,33,34);(H,6,7)/p+1. The van der Waals surface area contributed by atoms with Crippen LogP contribution in [0.15, 0.2) is 85.2 Å². The second-order valence-electron chi connectivity index (χ2n) is 8.75. The van der Waals surface area contributed by atoms with Crippen LogP contribution in [0, 0.1) is 0 Å². The monoisotopic (exact) mass is 559 g/mol. The third-order valence-electron chi connectivity index (χ3n) is 6.09. The van der Waals surface area contributed by atoms with Crippen molar-refractivity contribution in [2.45, 2.75) is 12.7 Å². The van der Waals surface area contributed by atoms with Crippen LogP contribution in [0.4, 0.5) is 13.2 Å². The molecule has 0 radical (unpaired) electrons. The Bertz CT molecular complexity index is 1790. The summed E-state index contributed by atoms with van der Waals surface area (Å²) in [5.41, 5.74) is 11.7. The first-order valence-corrected chi connectivity index (χ1v) is 12.2. The minimum absolute atomic E-state index is 0.657. The lowest BCUT2D eigenvalue weighted by Crippen LogP contribution is -2.47. The van der Waals surface area contributed by atoms with Crippen molar-refractivity contribution >= 4 is 16.9 Å².